The van der Waals surface area contributed by atoms with Crippen LogP contribution in [0.2, 0.25) is 0 Å². The molecule has 0 saturated heterocycles. The van der Waals surface area contributed by atoms with Crippen LogP contribution in [0.4, 0.5) is 5.82 Å². The van der Waals surface area contributed by atoms with Crippen molar-refractivity contribution in [3.8, 4) is 0 Å². The van der Waals surface area contributed by atoms with E-state index in [4.69, 9.17) is 0 Å². The Balaban J connectivity index is 1.81. The smallest absolute Gasteiger partial charge is 0.152 e. The lowest BCUT2D eigenvalue weighted by Gasteiger charge is -2.21. The van der Waals surface area contributed by atoms with E-state index in [1.807, 2.05) is 23.0 Å². The van der Waals surface area contributed by atoms with E-state index in [-0.39, 0.29) is 0 Å². The Hall–Kier alpha value is -1.58. The second kappa shape index (κ2) is 4.35. The molecule has 0 radical (unpaired) electrons. The van der Waals surface area contributed by atoms with Gasteiger partial charge in [-0.2, -0.15) is 5.10 Å². The van der Waals surface area contributed by atoms with E-state index < -0.39 is 0 Å². The normalized spacial score (nSPS) is 18.6. The second-order valence-electron chi connectivity index (χ2n) is 4.91. The summed E-state index contributed by atoms with van der Waals surface area (Å²) < 4.78 is 1.86. The summed E-state index contributed by atoms with van der Waals surface area (Å²) in [6.07, 6.45) is 10.9. The van der Waals surface area contributed by atoms with E-state index in [0.29, 0.717) is 6.04 Å². The van der Waals surface area contributed by atoms with Crippen molar-refractivity contribution in [3.05, 3.63) is 24.7 Å². The fourth-order valence-electron chi connectivity index (χ4n) is 2.76. The summed E-state index contributed by atoms with van der Waals surface area (Å²) in [7, 11) is 0. The molecule has 1 atom stereocenters. The highest BCUT2D eigenvalue weighted by Crippen LogP contribution is 2.29. The van der Waals surface area contributed by atoms with Gasteiger partial charge in [-0.1, -0.05) is 12.8 Å². The molecule has 1 N–H and O–H groups in total. The largest absolute Gasteiger partial charge is 0.366 e. The van der Waals surface area contributed by atoms with Crippen molar-refractivity contribution in [2.75, 3.05) is 5.32 Å². The molecule has 1 aliphatic carbocycles. The average Bonchev–Trinajstić information content (AvgIpc) is 3.00. The lowest BCUT2D eigenvalue weighted by Crippen LogP contribution is -2.24. The molecule has 0 bridgehead atoms. The zero-order chi connectivity index (χ0) is 11.7. The van der Waals surface area contributed by atoms with Gasteiger partial charge in [-0.25, -0.2) is 9.50 Å². The Bertz CT molecular complexity index is 499. The van der Waals surface area contributed by atoms with Gasteiger partial charge in [-0.15, -0.1) is 0 Å². The molecule has 2 aromatic heterocycles. The minimum atomic E-state index is 0.492. The van der Waals surface area contributed by atoms with E-state index in [9.17, 15) is 0 Å². The van der Waals surface area contributed by atoms with Crippen LogP contribution >= 0.6 is 0 Å². The van der Waals surface area contributed by atoms with Crippen LogP contribution in [-0.4, -0.2) is 20.6 Å². The number of nitrogens with one attached hydrogen (secondary N) is 1. The topological polar surface area (TPSA) is 42.2 Å². The van der Waals surface area contributed by atoms with Crippen molar-refractivity contribution < 1.29 is 0 Å². The molecular formula is C13H18N4. The predicted molar refractivity (Wildman–Crippen MR) is 68.0 cm³/mol. The SMILES string of the molecule is CC(Nc1nccn2nccc12)C1CCCC1. The van der Waals surface area contributed by atoms with Crippen LogP contribution in [0.25, 0.3) is 5.52 Å². The Labute approximate surface area is 101 Å². The molecule has 1 saturated carbocycles. The fourth-order valence-corrected chi connectivity index (χ4v) is 2.76. The number of hydrogen-bond acceptors (Lipinski definition) is 3. The first-order chi connectivity index (χ1) is 8.34. The Kier molecular flexibility index (Phi) is 2.71. The minimum Gasteiger partial charge on any atom is -0.366 e. The van der Waals surface area contributed by atoms with Gasteiger partial charge >= 0.3 is 0 Å². The number of aromatic nitrogens is 3. The van der Waals surface area contributed by atoms with Crippen molar-refractivity contribution in [1.29, 1.82) is 0 Å². The average molecular weight is 230 g/mol. The highest BCUT2D eigenvalue weighted by atomic mass is 15.2. The van der Waals surface area contributed by atoms with E-state index >= 15 is 0 Å². The fraction of sp³-hybridized carbons (Fsp3) is 0.538. The maximum atomic E-state index is 4.42. The molecule has 2 aromatic rings. The zero-order valence-corrected chi connectivity index (χ0v) is 10.1. The summed E-state index contributed by atoms with van der Waals surface area (Å²) in [6.45, 7) is 2.26. The van der Waals surface area contributed by atoms with Crippen LogP contribution in [0.1, 0.15) is 32.6 Å². The van der Waals surface area contributed by atoms with Gasteiger partial charge in [0, 0.05) is 18.4 Å². The number of rotatable bonds is 3. The third-order valence-electron chi connectivity index (χ3n) is 3.80. The molecule has 1 aliphatic rings. The van der Waals surface area contributed by atoms with Crippen LogP contribution in [0.5, 0.6) is 0 Å². The molecule has 0 aromatic carbocycles. The molecule has 0 amide bonds. The lowest BCUT2D eigenvalue weighted by molar-refractivity contribution is 0.481. The molecule has 4 heteroatoms. The van der Waals surface area contributed by atoms with Crippen LogP contribution in [0.3, 0.4) is 0 Å². The van der Waals surface area contributed by atoms with Crippen LogP contribution in [0, 0.1) is 5.92 Å². The lowest BCUT2D eigenvalue weighted by atomic mass is 10.00. The van der Waals surface area contributed by atoms with Gasteiger partial charge in [0.1, 0.15) is 5.52 Å². The summed E-state index contributed by atoms with van der Waals surface area (Å²) in [5.41, 5.74) is 1.05. The molecule has 0 spiro atoms. The number of hydrogen-bond donors (Lipinski definition) is 1. The van der Waals surface area contributed by atoms with Gasteiger partial charge in [0.15, 0.2) is 5.82 Å². The van der Waals surface area contributed by atoms with Crippen molar-refractivity contribution in [2.24, 2.45) is 5.92 Å². The Morgan fingerprint density at radius 3 is 3.00 bits per heavy atom. The maximum Gasteiger partial charge on any atom is 0.152 e. The molecule has 1 fully saturated rings. The van der Waals surface area contributed by atoms with Gasteiger partial charge in [0.05, 0.1) is 6.20 Å². The van der Waals surface area contributed by atoms with Crippen LogP contribution in [0.15, 0.2) is 24.7 Å². The quantitative estimate of drug-likeness (QED) is 0.881. The molecule has 0 aliphatic heterocycles. The molecule has 90 valence electrons. The maximum absolute atomic E-state index is 4.42. The van der Waals surface area contributed by atoms with Crippen molar-refractivity contribution in [3.63, 3.8) is 0 Å². The monoisotopic (exact) mass is 230 g/mol. The third-order valence-corrected chi connectivity index (χ3v) is 3.80. The van der Waals surface area contributed by atoms with Crippen molar-refractivity contribution in [2.45, 2.75) is 38.6 Å². The minimum absolute atomic E-state index is 0.492. The Morgan fingerprint density at radius 1 is 1.35 bits per heavy atom. The van der Waals surface area contributed by atoms with Crippen LogP contribution < -0.4 is 5.32 Å². The summed E-state index contributed by atoms with van der Waals surface area (Å²) in [5, 5.41) is 7.76. The van der Waals surface area contributed by atoms with E-state index in [2.05, 4.69) is 22.3 Å². The molecule has 3 rings (SSSR count). The molecule has 1 unspecified atom stereocenters. The second-order valence-corrected chi connectivity index (χ2v) is 4.91. The van der Waals surface area contributed by atoms with E-state index in [1.54, 1.807) is 6.20 Å². The highest BCUT2D eigenvalue weighted by Gasteiger charge is 2.22. The summed E-state index contributed by atoms with van der Waals surface area (Å²) in [6, 6.07) is 2.49. The first kappa shape index (κ1) is 10.6. The van der Waals surface area contributed by atoms with Gasteiger partial charge in [0.25, 0.3) is 0 Å². The van der Waals surface area contributed by atoms with Gasteiger partial charge < -0.3 is 5.32 Å². The van der Waals surface area contributed by atoms with E-state index in [1.165, 1.54) is 25.7 Å². The summed E-state index contributed by atoms with van der Waals surface area (Å²) in [5.74, 6) is 1.74. The molecular weight excluding hydrogens is 212 g/mol. The predicted octanol–water partition coefficient (Wildman–Crippen LogP) is 2.72. The number of nitrogens with zero attached hydrogens (tertiary/aromatic N) is 3. The summed E-state index contributed by atoms with van der Waals surface area (Å²) >= 11 is 0. The first-order valence-corrected chi connectivity index (χ1v) is 6.39. The number of fused-ring (bicyclic) bond motifs is 1. The highest BCUT2D eigenvalue weighted by molar-refractivity contribution is 5.67. The molecule has 2 heterocycles. The van der Waals surface area contributed by atoms with Crippen molar-refractivity contribution in [1.82, 2.24) is 14.6 Å². The van der Waals surface area contributed by atoms with Gasteiger partial charge in [-0.3, -0.25) is 0 Å². The van der Waals surface area contributed by atoms with Crippen LogP contribution in [-0.2, 0) is 0 Å². The van der Waals surface area contributed by atoms with Gasteiger partial charge in [-0.05, 0) is 31.7 Å². The number of anilines is 1. The van der Waals surface area contributed by atoms with Crippen molar-refractivity contribution >= 4 is 11.3 Å². The molecule has 17 heavy (non-hydrogen) atoms. The Morgan fingerprint density at radius 2 is 2.18 bits per heavy atom. The van der Waals surface area contributed by atoms with E-state index in [0.717, 1.165) is 17.3 Å². The molecule has 4 nitrogen and oxygen atoms in total. The third kappa shape index (κ3) is 1.99. The zero-order valence-electron chi connectivity index (χ0n) is 10.1. The summed E-state index contributed by atoms with van der Waals surface area (Å²) in [4.78, 5) is 4.42. The van der Waals surface area contributed by atoms with Gasteiger partial charge in [0.2, 0.25) is 0 Å². The standard InChI is InChI=1S/C13H18N4/c1-10(11-4-2-3-5-11)16-13-12-6-7-15-17(12)9-8-14-13/h6-11H,2-5H2,1H3,(H,14,16). The first-order valence-electron chi connectivity index (χ1n) is 6.39.